The predicted octanol–water partition coefficient (Wildman–Crippen LogP) is 3.06. The summed E-state index contributed by atoms with van der Waals surface area (Å²) in [6.45, 7) is 8.86. The van der Waals surface area contributed by atoms with E-state index >= 15 is 0 Å². The molecule has 0 saturated heterocycles. The van der Waals surface area contributed by atoms with Crippen LogP contribution in [-0.4, -0.2) is 36.5 Å². The van der Waals surface area contributed by atoms with E-state index in [1.165, 1.54) is 5.56 Å². The van der Waals surface area contributed by atoms with E-state index in [1.807, 2.05) is 51.1 Å². The Hall–Kier alpha value is -1.84. The second-order valence-corrected chi connectivity index (χ2v) is 6.33. The van der Waals surface area contributed by atoms with Gasteiger partial charge < -0.3 is 9.64 Å². The van der Waals surface area contributed by atoms with Crippen molar-refractivity contribution in [3.05, 3.63) is 35.9 Å². The Labute approximate surface area is 133 Å². The number of carbonyl (C=O) groups is 2. The van der Waals surface area contributed by atoms with Crippen LogP contribution in [-0.2, 0) is 20.7 Å². The molecule has 0 fully saturated rings. The van der Waals surface area contributed by atoms with Crippen LogP contribution in [0.1, 0.15) is 39.7 Å². The Morgan fingerprint density at radius 2 is 1.73 bits per heavy atom. The lowest BCUT2D eigenvalue weighted by molar-refractivity contribution is -0.145. The molecule has 1 amide bonds. The lowest BCUT2D eigenvalue weighted by Gasteiger charge is -2.29. The summed E-state index contributed by atoms with van der Waals surface area (Å²) in [4.78, 5) is 25.8. The van der Waals surface area contributed by atoms with Crippen LogP contribution in [0.15, 0.2) is 30.3 Å². The van der Waals surface area contributed by atoms with Gasteiger partial charge in [-0.2, -0.15) is 0 Å². The molecule has 0 aromatic heterocycles. The van der Waals surface area contributed by atoms with Crippen molar-refractivity contribution in [2.45, 2.75) is 40.5 Å². The van der Waals surface area contributed by atoms with E-state index in [2.05, 4.69) is 0 Å². The highest BCUT2D eigenvalue weighted by Crippen LogP contribution is 2.18. The molecule has 1 aromatic carbocycles. The third-order valence-electron chi connectivity index (χ3n) is 3.33. The lowest BCUT2D eigenvalue weighted by atomic mass is 9.94. The van der Waals surface area contributed by atoms with Crippen LogP contribution in [0, 0.1) is 5.41 Å². The van der Waals surface area contributed by atoms with Crippen LogP contribution >= 0.6 is 0 Å². The highest BCUT2D eigenvalue weighted by atomic mass is 16.5. The number of carbonyl (C=O) groups excluding carboxylic acids is 2. The van der Waals surface area contributed by atoms with Crippen LogP contribution in [0.5, 0.6) is 0 Å². The highest BCUT2D eigenvalue weighted by molar-refractivity contribution is 5.82. The van der Waals surface area contributed by atoms with E-state index in [0.29, 0.717) is 19.7 Å². The van der Waals surface area contributed by atoms with Crippen molar-refractivity contribution in [2.24, 2.45) is 5.41 Å². The number of nitrogens with zero attached hydrogens (tertiary/aromatic N) is 1. The topological polar surface area (TPSA) is 46.6 Å². The number of amides is 1. The normalized spacial score (nSPS) is 11.1. The van der Waals surface area contributed by atoms with Crippen molar-refractivity contribution in [3.8, 4) is 0 Å². The maximum absolute atomic E-state index is 12.5. The van der Waals surface area contributed by atoms with Gasteiger partial charge >= 0.3 is 5.97 Å². The van der Waals surface area contributed by atoms with E-state index in [0.717, 1.165) is 6.42 Å². The molecule has 0 saturated carbocycles. The van der Waals surface area contributed by atoms with Gasteiger partial charge in [0.2, 0.25) is 5.91 Å². The summed E-state index contributed by atoms with van der Waals surface area (Å²) in [7, 11) is 0. The van der Waals surface area contributed by atoms with Crippen molar-refractivity contribution < 1.29 is 14.3 Å². The number of ether oxygens (including phenoxy) is 1. The molecule has 0 heterocycles. The van der Waals surface area contributed by atoms with Crippen molar-refractivity contribution >= 4 is 11.9 Å². The first-order valence-electron chi connectivity index (χ1n) is 7.83. The van der Waals surface area contributed by atoms with Crippen molar-refractivity contribution in [2.75, 3.05) is 19.7 Å². The monoisotopic (exact) mass is 305 g/mol. The summed E-state index contributed by atoms with van der Waals surface area (Å²) < 4.78 is 4.94. The van der Waals surface area contributed by atoms with Gasteiger partial charge in [-0.25, -0.2) is 0 Å². The standard InChI is InChI=1S/C18H27NO3/c1-5-22-16(20)12-14-19(17(21)18(2,3)4)13-11-15-9-7-6-8-10-15/h6-10H,5,11-14H2,1-4H3. The largest absolute Gasteiger partial charge is 0.466 e. The average Bonchev–Trinajstić information content (AvgIpc) is 2.47. The van der Waals surface area contributed by atoms with Crippen molar-refractivity contribution in [1.82, 2.24) is 4.90 Å². The minimum atomic E-state index is -0.453. The van der Waals surface area contributed by atoms with Crippen LogP contribution < -0.4 is 0 Å². The maximum atomic E-state index is 12.5. The quantitative estimate of drug-likeness (QED) is 0.727. The highest BCUT2D eigenvalue weighted by Gasteiger charge is 2.27. The van der Waals surface area contributed by atoms with Crippen LogP contribution in [0.25, 0.3) is 0 Å². The molecule has 0 aliphatic carbocycles. The molecular formula is C18H27NO3. The van der Waals surface area contributed by atoms with Crippen LogP contribution in [0.2, 0.25) is 0 Å². The molecule has 1 aromatic rings. The van der Waals surface area contributed by atoms with Gasteiger partial charge in [-0.1, -0.05) is 51.1 Å². The number of hydrogen-bond acceptors (Lipinski definition) is 3. The minimum Gasteiger partial charge on any atom is -0.466 e. The summed E-state index contributed by atoms with van der Waals surface area (Å²) >= 11 is 0. The van der Waals surface area contributed by atoms with Gasteiger partial charge in [0, 0.05) is 18.5 Å². The van der Waals surface area contributed by atoms with E-state index in [9.17, 15) is 9.59 Å². The van der Waals surface area contributed by atoms with Gasteiger partial charge in [-0.05, 0) is 18.9 Å². The fourth-order valence-corrected chi connectivity index (χ4v) is 2.16. The first kappa shape index (κ1) is 18.2. The predicted molar refractivity (Wildman–Crippen MR) is 87.4 cm³/mol. The van der Waals surface area contributed by atoms with E-state index in [1.54, 1.807) is 11.8 Å². The van der Waals surface area contributed by atoms with Crippen molar-refractivity contribution in [3.63, 3.8) is 0 Å². The molecular weight excluding hydrogens is 278 g/mol. The Morgan fingerprint density at radius 3 is 2.27 bits per heavy atom. The van der Waals surface area contributed by atoms with E-state index < -0.39 is 5.41 Å². The van der Waals surface area contributed by atoms with Gasteiger partial charge in [-0.15, -0.1) is 0 Å². The van der Waals surface area contributed by atoms with Gasteiger partial charge in [-0.3, -0.25) is 9.59 Å². The zero-order chi connectivity index (χ0) is 16.6. The van der Waals surface area contributed by atoms with E-state index in [4.69, 9.17) is 4.74 Å². The summed E-state index contributed by atoms with van der Waals surface area (Å²) in [5, 5.41) is 0. The molecule has 122 valence electrons. The first-order chi connectivity index (χ1) is 10.3. The summed E-state index contributed by atoms with van der Waals surface area (Å²) in [6.07, 6.45) is 1.02. The molecule has 0 unspecified atom stereocenters. The fourth-order valence-electron chi connectivity index (χ4n) is 2.16. The molecule has 0 aliphatic heterocycles. The molecule has 0 bridgehead atoms. The molecule has 4 nitrogen and oxygen atoms in total. The fraction of sp³-hybridized carbons (Fsp3) is 0.556. The SMILES string of the molecule is CCOC(=O)CCN(CCc1ccccc1)C(=O)C(C)(C)C. The molecule has 22 heavy (non-hydrogen) atoms. The Bertz CT molecular complexity index is 477. The summed E-state index contributed by atoms with van der Waals surface area (Å²) in [6, 6.07) is 10.0. The summed E-state index contributed by atoms with van der Waals surface area (Å²) in [5.41, 5.74) is 0.732. The average molecular weight is 305 g/mol. The van der Waals surface area contributed by atoms with Gasteiger partial charge in [0.25, 0.3) is 0 Å². The molecule has 0 atom stereocenters. The molecule has 0 aliphatic rings. The Balaban J connectivity index is 2.65. The Kier molecular flexibility index (Phi) is 7.09. The van der Waals surface area contributed by atoms with Crippen LogP contribution in [0.3, 0.4) is 0 Å². The number of hydrogen-bond donors (Lipinski definition) is 0. The van der Waals surface area contributed by atoms with Gasteiger partial charge in [0.15, 0.2) is 0 Å². The molecule has 0 spiro atoms. The zero-order valence-corrected chi connectivity index (χ0v) is 14.1. The molecule has 1 rings (SSSR count). The van der Waals surface area contributed by atoms with Gasteiger partial charge in [0.05, 0.1) is 13.0 Å². The van der Waals surface area contributed by atoms with Gasteiger partial charge in [0.1, 0.15) is 0 Å². The summed E-state index contributed by atoms with van der Waals surface area (Å²) in [5.74, 6) is -0.193. The third-order valence-corrected chi connectivity index (χ3v) is 3.33. The van der Waals surface area contributed by atoms with Crippen LogP contribution in [0.4, 0.5) is 0 Å². The molecule has 0 radical (unpaired) electrons. The molecule has 4 heteroatoms. The maximum Gasteiger partial charge on any atom is 0.307 e. The second kappa shape index (κ2) is 8.57. The minimum absolute atomic E-state index is 0.0627. The van der Waals surface area contributed by atoms with E-state index in [-0.39, 0.29) is 18.3 Å². The Morgan fingerprint density at radius 1 is 1.09 bits per heavy atom. The number of benzene rings is 1. The molecule has 0 N–H and O–H groups in total. The number of esters is 1. The second-order valence-electron chi connectivity index (χ2n) is 6.33. The first-order valence-corrected chi connectivity index (χ1v) is 7.83. The third kappa shape index (κ3) is 6.29. The zero-order valence-electron chi connectivity index (χ0n) is 14.1. The lowest BCUT2D eigenvalue weighted by Crippen LogP contribution is -2.41. The smallest absolute Gasteiger partial charge is 0.307 e. The number of rotatable bonds is 7. The van der Waals surface area contributed by atoms with Crippen molar-refractivity contribution in [1.29, 1.82) is 0 Å².